The first-order valence-electron chi connectivity index (χ1n) is 10.8. The maximum atomic E-state index is 14.9. The molecule has 1 amide bonds. The second kappa shape index (κ2) is 10.1. The van der Waals surface area contributed by atoms with Gasteiger partial charge in [-0.1, -0.05) is 24.8 Å². The van der Waals surface area contributed by atoms with Gasteiger partial charge in [0, 0.05) is 54.4 Å². The molecule has 2 heterocycles. The SMILES string of the molecule is C=CC(=O)N1CCC[C@@H](Nc2ccncc2C(=N)c2ccc(Oc3ccccc3)cc2F)C1. The Hall–Kier alpha value is -4.00. The first kappa shape index (κ1) is 22.2. The van der Waals surface area contributed by atoms with Gasteiger partial charge in [0.15, 0.2) is 0 Å². The number of nitrogens with zero attached hydrogens (tertiary/aromatic N) is 2. The van der Waals surface area contributed by atoms with E-state index >= 15 is 0 Å². The van der Waals surface area contributed by atoms with Crippen molar-refractivity contribution in [3.05, 3.63) is 96.6 Å². The summed E-state index contributed by atoms with van der Waals surface area (Å²) in [6.45, 7) is 4.80. The van der Waals surface area contributed by atoms with Gasteiger partial charge in [-0.3, -0.25) is 15.2 Å². The number of para-hydroxylation sites is 1. The van der Waals surface area contributed by atoms with Crippen molar-refractivity contribution in [3.8, 4) is 11.5 Å². The number of hydrogen-bond donors (Lipinski definition) is 2. The van der Waals surface area contributed by atoms with Crippen molar-refractivity contribution in [2.75, 3.05) is 18.4 Å². The Morgan fingerprint density at radius 1 is 1.18 bits per heavy atom. The zero-order valence-electron chi connectivity index (χ0n) is 18.1. The van der Waals surface area contributed by atoms with Gasteiger partial charge in [-0.25, -0.2) is 4.39 Å². The summed E-state index contributed by atoms with van der Waals surface area (Å²) in [5.74, 6) is 0.316. The molecule has 0 spiro atoms. The number of nitrogens with one attached hydrogen (secondary N) is 2. The molecule has 2 aromatic carbocycles. The van der Waals surface area contributed by atoms with Crippen molar-refractivity contribution in [3.63, 3.8) is 0 Å². The number of benzene rings is 2. The molecular formula is C26H25FN4O2. The maximum Gasteiger partial charge on any atom is 0.246 e. The number of hydrogen-bond acceptors (Lipinski definition) is 5. The Morgan fingerprint density at radius 2 is 2.00 bits per heavy atom. The van der Waals surface area contributed by atoms with E-state index in [-0.39, 0.29) is 23.2 Å². The van der Waals surface area contributed by atoms with Crippen molar-refractivity contribution in [2.24, 2.45) is 0 Å². The Morgan fingerprint density at radius 3 is 2.76 bits per heavy atom. The highest BCUT2D eigenvalue weighted by Crippen LogP contribution is 2.27. The number of aromatic nitrogens is 1. The van der Waals surface area contributed by atoms with Crippen LogP contribution in [-0.4, -0.2) is 40.6 Å². The van der Waals surface area contributed by atoms with Crippen LogP contribution >= 0.6 is 0 Å². The van der Waals surface area contributed by atoms with E-state index < -0.39 is 5.82 Å². The Labute approximate surface area is 192 Å². The number of carbonyl (C=O) groups excluding carboxylic acids is 1. The standard InChI is InChI=1S/C26H25FN4O2/c1-2-25(32)31-14-6-7-18(17-31)30-24-12-13-29-16-22(24)26(28)21-11-10-20(15-23(21)27)33-19-8-4-3-5-9-19/h2-5,8-13,15-16,18,28H,1,6-7,14,17H2,(H,29,30)/t18-/m1/s1. The number of likely N-dealkylation sites (tertiary alicyclic amines) is 1. The van der Waals surface area contributed by atoms with Crippen molar-refractivity contribution < 1.29 is 13.9 Å². The lowest BCUT2D eigenvalue weighted by atomic mass is 10.00. The molecule has 6 nitrogen and oxygen atoms in total. The molecule has 1 aromatic heterocycles. The van der Waals surface area contributed by atoms with Crippen LogP contribution in [0.25, 0.3) is 0 Å². The number of amides is 1. The maximum absolute atomic E-state index is 14.9. The molecule has 4 rings (SSSR count). The van der Waals surface area contributed by atoms with Gasteiger partial charge in [-0.15, -0.1) is 0 Å². The summed E-state index contributed by atoms with van der Waals surface area (Å²) in [6, 6.07) is 15.4. The third-order valence-corrected chi connectivity index (χ3v) is 5.55. The fourth-order valence-electron chi connectivity index (χ4n) is 3.90. The molecule has 0 bridgehead atoms. The number of halogens is 1. The van der Waals surface area contributed by atoms with Gasteiger partial charge in [-0.2, -0.15) is 0 Å². The lowest BCUT2D eigenvalue weighted by Crippen LogP contribution is -2.44. The number of ether oxygens (including phenoxy) is 1. The fraction of sp³-hybridized carbons (Fsp3) is 0.192. The van der Waals surface area contributed by atoms with Crippen molar-refractivity contribution in [1.82, 2.24) is 9.88 Å². The van der Waals surface area contributed by atoms with E-state index in [0.717, 1.165) is 12.8 Å². The monoisotopic (exact) mass is 444 g/mol. The zero-order valence-corrected chi connectivity index (χ0v) is 18.1. The molecule has 1 saturated heterocycles. The van der Waals surface area contributed by atoms with E-state index in [1.165, 1.54) is 18.2 Å². The fourth-order valence-corrected chi connectivity index (χ4v) is 3.90. The Kier molecular flexibility index (Phi) is 6.78. The first-order valence-corrected chi connectivity index (χ1v) is 10.8. The van der Waals surface area contributed by atoms with Crippen molar-refractivity contribution in [1.29, 1.82) is 5.41 Å². The molecule has 1 aliphatic rings. The van der Waals surface area contributed by atoms with E-state index in [1.807, 2.05) is 18.2 Å². The van der Waals surface area contributed by atoms with Gasteiger partial charge in [-0.05, 0) is 49.2 Å². The quantitative estimate of drug-likeness (QED) is 0.396. The summed E-state index contributed by atoms with van der Waals surface area (Å²) in [7, 11) is 0. The van der Waals surface area contributed by atoms with Gasteiger partial charge in [0.1, 0.15) is 17.3 Å². The van der Waals surface area contributed by atoms with Crippen molar-refractivity contribution in [2.45, 2.75) is 18.9 Å². The average molecular weight is 445 g/mol. The summed E-state index contributed by atoms with van der Waals surface area (Å²) in [4.78, 5) is 17.9. The first-order chi connectivity index (χ1) is 16.0. The molecule has 168 valence electrons. The van der Waals surface area contributed by atoms with Crippen LogP contribution < -0.4 is 10.1 Å². The number of anilines is 1. The third kappa shape index (κ3) is 5.26. The molecule has 33 heavy (non-hydrogen) atoms. The molecule has 1 aliphatic heterocycles. The summed E-state index contributed by atoms with van der Waals surface area (Å²) < 4.78 is 20.6. The van der Waals surface area contributed by atoms with Crippen LogP contribution in [0.4, 0.5) is 10.1 Å². The predicted molar refractivity (Wildman–Crippen MR) is 127 cm³/mol. The van der Waals surface area contributed by atoms with Gasteiger partial charge >= 0.3 is 0 Å². The van der Waals surface area contributed by atoms with Crippen LogP contribution in [0.5, 0.6) is 11.5 Å². The number of piperidine rings is 1. The van der Waals surface area contributed by atoms with Crippen LogP contribution in [0.15, 0.2) is 79.6 Å². The van der Waals surface area contributed by atoms with Gasteiger partial charge < -0.3 is 15.0 Å². The second-order valence-electron chi connectivity index (χ2n) is 7.82. The van der Waals surface area contributed by atoms with E-state index in [4.69, 9.17) is 10.1 Å². The molecular weight excluding hydrogens is 419 g/mol. The molecule has 0 unspecified atom stereocenters. The summed E-state index contributed by atoms with van der Waals surface area (Å²) >= 11 is 0. The minimum absolute atomic E-state index is 0.0168. The van der Waals surface area contributed by atoms with Crippen LogP contribution in [0.2, 0.25) is 0 Å². The summed E-state index contributed by atoms with van der Waals surface area (Å²) in [6.07, 6.45) is 6.25. The topological polar surface area (TPSA) is 78.3 Å². The molecule has 7 heteroatoms. The highest BCUT2D eigenvalue weighted by atomic mass is 19.1. The molecule has 0 aliphatic carbocycles. The van der Waals surface area contributed by atoms with E-state index in [2.05, 4.69) is 16.9 Å². The highest BCUT2D eigenvalue weighted by Gasteiger charge is 2.23. The number of rotatable bonds is 7. The second-order valence-corrected chi connectivity index (χ2v) is 7.82. The minimum atomic E-state index is -0.552. The molecule has 2 N–H and O–H groups in total. The third-order valence-electron chi connectivity index (χ3n) is 5.55. The summed E-state index contributed by atoms with van der Waals surface area (Å²) in [5, 5.41) is 12.1. The Bertz CT molecular complexity index is 1170. The molecule has 3 aromatic rings. The highest BCUT2D eigenvalue weighted by molar-refractivity contribution is 6.14. The zero-order chi connectivity index (χ0) is 23.2. The largest absolute Gasteiger partial charge is 0.457 e. The lowest BCUT2D eigenvalue weighted by molar-refractivity contribution is -0.127. The van der Waals surface area contributed by atoms with E-state index in [9.17, 15) is 9.18 Å². The van der Waals surface area contributed by atoms with Gasteiger partial charge in [0.2, 0.25) is 5.91 Å². The van der Waals surface area contributed by atoms with Gasteiger partial charge in [0.05, 0.1) is 5.71 Å². The molecule has 1 fully saturated rings. The minimum Gasteiger partial charge on any atom is -0.457 e. The lowest BCUT2D eigenvalue weighted by Gasteiger charge is -2.33. The smallest absolute Gasteiger partial charge is 0.246 e. The molecule has 0 radical (unpaired) electrons. The Balaban J connectivity index is 1.52. The van der Waals surface area contributed by atoms with Crippen LogP contribution in [0.1, 0.15) is 24.0 Å². The normalized spacial score (nSPS) is 15.5. The molecule has 0 saturated carbocycles. The van der Waals surface area contributed by atoms with Crippen LogP contribution in [-0.2, 0) is 4.79 Å². The van der Waals surface area contributed by atoms with E-state index in [1.54, 1.807) is 41.6 Å². The average Bonchev–Trinajstić information content (AvgIpc) is 2.84. The van der Waals surface area contributed by atoms with Crippen LogP contribution in [0, 0.1) is 11.2 Å². The number of carbonyl (C=O) groups is 1. The van der Waals surface area contributed by atoms with Gasteiger partial charge in [0.25, 0.3) is 0 Å². The van der Waals surface area contributed by atoms with Crippen LogP contribution in [0.3, 0.4) is 0 Å². The predicted octanol–water partition coefficient (Wildman–Crippen LogP) is 5.02. The number of pyridine rings is 1. The van der Waals surface area contributed by atoms with E-state index in [0.29, 0.717) is 35.8 Å². The summed E-state index contributed by atoms with van der Waals surface area (Å²) in [5.41, 5.74) is 1.33. The van der Waals surface area contributed by atoms with Crippen molar-refractivity contribution >= 4 is 17.3 Å². The molecule has 1 atom stereocenters.